The summed E-state index contributed by atoms with van der Waals surface area (Å²) in [4.78, 5) is 12.2. The van der Waals surface area contributed by atoms with Gasteiger partial charge in [0.1, 0.15) is 11.6 Å². The lowest BCUT2D eigenvalue weighted by Crippen LogP contribution is -2.42. The van der Waals surface area contributed by atoms with Crippen LogP contribution in [0.15, 0.2) is 30.3 Å². The number of benzene rings is 1. The summed E-state index contributed by atoms with van der Waals surface area (Å²) in [5.74, 6) is 0.189. The van der Waals surface area contributed by atoms with Crippen molar-refractivity contribution in [2.24, 2.45) is 0 Å². The molecule has 1 aromatic heterocycles. The molecule has 0 aliphatic heterocycles. The number of nitrogens with one attached hydrogen (secondary N) is 2. The number of H-pyrrole nitrogens is 1. The molecule has 0 atom stereocenters. The molecule has 1 amide bonds. The number of ether oxygens (including phenoxy) is 1. The molecule has 2 N–H and O–H groups in total. The third-order valence-electron chi connectivity index (χ3n) is 2.99. The molecule has 6 heteroatoms. The van der Waals surface area contributed by atoms with Crippen LogP contribution in [-0.2, 0) is 11.2 Å². The van der Waals surface area contributed by atoms with Crippen LogP contribution in [0.3, 0.4) is 0 Å². The van der Waals surface area contributed by atoms with Gasteiger partial charge in [-0.15, -0.1) is 0 Å². The van der Waals surface area contributed by atoms with E-state index in [1.54, 1.807) is 19.9 Å². The molecule has 112 valence electrons. The van der Waals surface area contributed by atoms with Gasteiger partial charge in [0, 0.05) is 11.8 Å². The van der Waals surface area contributed by atoms with Crippen molar-refractivity contribution < 1.29 is 13.9 Å². The number of nitrogens with zero attached hydrogens (tertiary/aromatic N) is 1. The number of carbonyl (C=O) groups is 1. The zero-order valence-corrected chi connectivity index (χ0v) is 12.2. The van der Waals surface area contributed by atoms with E-state index in [9.17, 15) is 9.18 Å². The topological polar surface area (TPSA) is 67.0 Å². The maximum Gasteiger partial charge on any atom is 0.269 e. The molecule has 0 fully saturated rings. The highest BCUT2D eigenvalue weighted by Crippen LogP contribution is 2.20. The molecule has 21 heavy (non-hydrogen) atoms. The van der Waals surface area contributed by atoms with Gasteiger partial charge in [-0.2, -0.15) is 5.10 Å². The summed E-state index contributed by atoms with van der Waals surface area (Å²) < 4.78 is 18.5. The van der Waals surface area contributed by atoms with E-state index in [0.717, 1.165) is 12.1 Å². The minimum absolute atomic E-state index is 0.332. The number of amides is 1. The summed E-state index contributed by atoms with van der Waals surface area (Å²) in [5, 5.41) is 9.51. The first kappa shape index (κ1) is 15.0. The lowest BCUT2D eigenvalue weighted by Gasteiger charge is -2.24. The van der Waals surface area contributed by atoms with Gasteiger partial charge < -0.3 is 10.1 Å². The number of halogens is 1. The Morgan fingerprint density at radius 2 is 2.05 bits per heavy atom. The predicted octanol–water partition coefficient (Wildman–Crippen LogP) is 2.91. The highest BCUT2D eigenvalue weighted by Gasteiger charge is 2.30. The molecule has 0 radical (unpaired) electrons. The Balaban J connectivity index is 2.03. The van der Waals surface area contributed by atoms with Crippen molar-refractivity contribution in [3.05, 3.63) is 41.8 Å². The van der Waals surface area contributed by atoms with Crippen LogP contribution in [-0.4, -0.2) is 21.7 Å². The maximum atomic E-state index is 12.9. The van der Waals surface area contributed by atoms with Crippen LogP contribution >= 0.6 is 0 Å². The molecule has 2 aromatic rings. The maximum absolute atomic E-state index is 12.9. The summed E-state index contributed by atoms with van der Waals surface area (Å²) >= 11 is 0. The minimum atomic E-state index is -1.11. The summed E-state index contributed by atoms with van der Waals surface area (Å²) in [6, 6.07) is 7.29. The second-order valence-corrected chi connectivity index (χ2v) is 5.15. The number of aromatic nitrogens is 2. The number of hydrogen-bond donors (Lipinski definition) is 2. The Kier molecular flexibility index (Phi) is 4.26. The van der Waals surface area contributed by atoms with Gasteiger partial charge in [0.05, 0.1) is 0 Å². The van der Waals surface area contributed by atoms with Crippen molar-refractivity contribution in [1.82, 2.24) is 10.2 Å². The molecule has 0 unspecified atom stereocenters. The SMILES string of the molecule is CCc1cc(NC(=O)C(C)(C)Oc2ccc(F)cc2)n[nH]1. The summed E-state index contributed by atoms with van der Waals surface area (Å²) in [7, 11) is 0. The number of aryl methyl sites for hydroxylation is 1. The summed E-state index contributed by atoms with van der Waals surface area (Å²) in [5.41, 5.74) is -0.175. The minimum Gasteiger partial charge on any atom is -0.478 e. The Hall–Kier alpha value is -2.37. The van der Waals surface area contributed by atoms with Crippen molar-refractivity contribution in [2.45, 2.75) is 32.8 Å². The van der Waals surface area contributed by atoms with Crippen LogP contribution in [0.25, 0.3) is 0 Å². The number of hydrogen-bond acceptors (Lipinski definition) is 3. The van der Waals surface area contributed by atoms with Gasteiger partial charge in [-0.25, -0.2) is 4.39 Å². The standard InChI is InChI=1S/C15H18FN3O2/c1-4-11-9-13(19-18-11)17-14(20)15(2,3)21-12-7-5-10(16)6-8-12/h5-9H,4H2,1-3H3,(H2,17,18,19,20). The summed E-state index contributed by atoms with van der Waals surface area (Å²) in [6.07, 6.45) is 0.804. The van der Waals surface area contributed by atoms with Gasteiger partial charge in [0.15, 0.2) is 11.4 Å². The van der Waals surface area contributed by atoms with Gasteiger partial charge in [-0.3, -0.25) is 9.89 Å². The third-order valence-corrected chi connectivity index (χ3v) is 2.99. The fourth-order valence-electron chi connectivity index (χ4n) is 1.72. The molecule has 0 aliphatic rings. The Labute approximate surface area is 122 Å². The van der Waals surface area contributed by atoms with Crippen LogP contribution in [0.1, 0.15) is 26.5 Å². The van der Waals surface area contributed by atoms with Crippen molar-refractivity contribution in [2.75, 3.05) is 5.32 Å². The van der Waals surface area contributed by atoms with Crippen LogP contribution < -0.4 is 10.1 Å². The lowest BCUT2D eigenvalue weighted by atomic mass is 10.1. The quantitative estimate of drug-likeness (QED) is 0.890. The van der Waals surface area contributed by atoms with E-state index >= 15 is 0 Å². The molecule has 1 aromatic carbocycles. The van der Waals surface area contributed by atoms with Crippen LogP contribution in [0.4, 0.5) is 10.2 Å². The van der Waals surface area contributed by atoms with E-state index in [0.29, 0.717) is 11.6 Å². The summed E-state index contributed by atoms with van der Waals surface area (Å²) in [6.45, 7) is 5.26. The smallest absolute Gasteiger partial charge is 0.269 e. The van der Waals surface area contributed by atoms with Crippen molar-refractivity contribution >= 4 is 11.7 Å². The van der Waals surface area contributed by atoms with E-state index in [1.807, 2.05) is 6.92 Å². The van der Waals surface area contributed by atoms with Gasteiger partial charge in [-0.05, 0) is 44.5 Å². The second-order valence-electron chi connectivity index (χ2n) is 5.15. The fraction of sp³-hybridized carbons (Fsp3) is 0.333. The first-order chi connectivity index (χ1) is 9.90. The largest absolute Gasteiger partial charge is 0.478 e. The third kappa shape index (κ3) is 3.81. The normalized spacial score (nSPS) is 11.2. The van der Waals surface area contributed by atoms with Crippen molar-refractivity contribution in [3.8, 4) is 5.75 Å². The van der Waals surface area contributed by atoms with Crippen LogP contribution in [0.2, 0.25) is 0 Å². The number of anilines is 1. The Morgan fingerprint density at radius 3 is 2.62 bits per heavy atom. The molecule has 2 rings (SSSR count). The monoisotopic (exact) mass is 291 g/mol. The molecule has 0 saturated carbocycles. The number of aromatic amines is 1. The Morgan fingerprint density at radius 1 is 1.38 bits per heavy atom. The Bertz CT molecular complexity index is 620. The molecule has 1 heterocycles. The number of carbonyl (C=O) groups excluding carboxylic acids is 1. The number of rotatable bonds is 5. The van der Waals surface area contributed by atoms with Crippen LogP contribution in [0, 0.1) is 5.82 Å². The van der Waals surface area contributed by atoms with Gasteiger partial charge >= 0.3 is 0 Å². The highest BCUT2D eigenvalue weighted by molar-refractivity contribution is 5.96. The highest BCUT2D eigenvalue weighted by atomic mass is 19.1. The van der Waals surface area contributed by atoms with Gasteiger partial charge in [0.25, 0.3) is 5.91 Å². The molecule has 0 saturated heterocycles. The molecular formula is C15H18FN3O2. The van der Waals surface area contributed by atoms with E-state index in [4.69, 9.17) is 4.74 Å². The average Bonchev–Trinajstić information content (AvgIpc) is 2.89. The first-order valence-corrected chi connectivity index (χ1v) is 6.71. The van der Waals surface area contributed by atoms with Crippen LogP contribution in [0.5, 0.6) is 5.75 Å². The average molecular weight is 291 g/mol. The predicted molar refractivity (Wildman–Crippen MR) is 77.7 cm³/mol. The first-order valence-electron chi connectivity index (χ1n) is 6.71. The van der Waals surface area contributed by atoms with Gasteiger partial charge in [-0.1, -0.05) is 6.92 Å². The van der Waals surface area contributed by atoms with Crippen molar-refractivity contribution in [3.63, 3.8) is 0 Å². The zero-order valence-electron chi connectivity index (χ0n) is 12.2. The van der Waals surface area contributed by atoms with E-state index < -0.39 is 5.60 Å². The molecule has 0 bridgehead atoms. The van der Waals surface area contributed by atoms with Crippen molar-refractivity contribution in [1.29, 1.82) is 0 Å². The second kappa shape index (κ2) is 5.95. The van der Waals surface area contributed by atoms with E-state index in [1.165, 1.54) is 24.3 Å². The molecule has 0 aliphatic carbocycles. The van der Waals surface area contributed by atoms with E-state index in [-0.39, 0.29) is 11.7 Å². The lowest BCUT2D eigenvalue weighted by molar-refractivity contribution is -0.128. The van der Waals surface area contributed by atoms with Gasteiger partial charge in [0.2, 0.25) is 0 Å². The molecule has 5 nitrogen and oxygen atoms in total. The van der Waals surface area contributed by atoms with E-state index in [2.05, 4.69) is 15.5 Å². The fourth-order valence-corrected chi connectivity index (χ4v) is 1.72. The molecule has 0 spiro atoms. The molecular weight excluding hydrogens is 273 g/mol. The zero-order chi connectivity index (χ0) is 15.5.